The van der Waals surface area contributed by atoms with Crippen LogP contribution in [-0.4, -0.2) is 49.6 Å². The molecule has 0 aromatic carbocycles. The Balaban J connectivity index is 1.50. The maximum absolute atomic E-state index is 5.99. The van der Waals surface area contributed by atoms with E-state index in [1.54, 1.807) is 31.6 Å². The lowest BCUT2D eigenvalue weighted by Gasteiger charge is -2.22. The molecule has 0 bridgehead atoms. The summed E-state index contributed by atoms with van der Waals surface area (Å²) in [5, 5.41) is 8.23. The van der Waals surface area contributed by atoms with E-state index in [1.165, 1.54) is 0 Å². The van der Waals surface area contributed by atoms with Gasteiger partial charge in [-0.2, -0.15) is 10.1 Å². The standard InChI is InChI=1S/C24H30N8O3/c1-24(2,3)17-11-19(30-32(17)14-7-9-34-13-14)28-23-29-22-20(31(23)4)21(33-5)16(12-27-22)35-15-6-8-26-18(25)10-15/h6,8,10-12,14H,7,9,13H2,1-5H3,(H2,25,26)(H,27,28,29,30)/t14-/m0/s1. The van der Waals surface area contributed by atoms with Gasteiger partial charge in [-0.25, -0.2) is 9.97 Å². The predicted octanol–water partition coefficient (Wildman–Crippen LogP) is 3.95. The number of fused-ring (bicyclic) bond motifs is 1. The molecule has 1 aliphatic heterocycles. The van der Waals surface area contributed by atoms with Crippen LogP contribution in [0.5, 0.6) is 17.2 Å². The Hall–Kier alpha value is -3.86. The third-order valence-electron chi connectivity index (χ3n) is 6.00. The summed E-state index contributed by atoms with van der Waals surface area (Å²) in [4.78, 5) is 13.2. The second-order valence-electron chi connectivity index (χ2n) is 9.59. The summed E-state index contributed by atoms with van der Waals surface area (Å²) in [5.74, 6) is 3.15. The molecule has 35 heavy (non-hydrogen) atoms. The Kier molecular flexibility index (Phi) is 5.72. The van der Waals surface area contributed by atoms with E-state index >= 15 is 0 Å². The van der Waals surface area contributed by atoms with Crippen molar-refractivity contribution in [2.75, 3.05) is 31.4 Å². The van der Waals surface area contributed by atoms with Gasteiger partial charge < -0.3 is 29.8 Å². The number of nitrogens with zero attached hydrogens (tertiary/aromatic N) is 6. The van der Waals surface area contributed by atoms with Crippen LogP contribution in [0.4, 0.5) is 17.6 Å². The zero-order chi connectivity index (χ0) is 24.7. The highest BCUT2D eigenvalue weighted by Gasteiger charge is 2.28. The number of anilines is 3. The summed E-state index contributed by atoms with van der Waals surface area (Å²) in [6.07, 6.45) is 4.11. The van der Waals surface area contributed by atoms with Crippen LogP contribution in [0.3, 0.4) is 0 Å². The molecule has 11 heteroatoms. The van der Waals surface area contributed by atoms with Gasteiger partial charge in [0.25, 0.3) is 0 Å². The fraction of sp³-hybridized carbons (Fsp3) is 0.417. The molecular weight excluding hydrogens is 448 g/mol. The number of pyridine rings is 2. The first-order chi connectivity index (χ1) is 16.7. The first-order valence-electron chi connectivity index (χ1n) is 11.5. The molecule has 1 fully saturated rings. The molecule has 0 spiro atoms. The van der Waals surface area contributed by atoms with Crippen molar-refractivity contribution >= 4 is 28.7 Å². The van der Waals surface area contributed by atoms with Gasteiger partial charge in [0.2, 0.25) is 5.95 Å². The zero-order valence-electron chi connectivity index (χ0n) is 20.6. The van der Waals surface area contributed by atoms with Crippen LogP contribution < -0.4 is 20.5 Å². The van der Waals surface area contributed by atoms with Crippen LogP contribution in [0, 0.1) is 0 Å². The van der Waals surface area contributed by atoms with Gasteiger partial charge in [0.05, 0.1) is 26.0 Å². The Morgan fingerprint density at radius 3 is 2.74 bits per heavy atom. The number of aromatic nitrogens is 6. The molecule has 1 atom stereocenters. The van der Waals surface area contributed by atoms with E-state index < -0.39 is 0 Å². The molecule has 5 heterocycles. The number of nitrogens with two attached hydrogens (primary N) is 1. The minimum atomic E-state index is -0.0742. The van der Waals surface area contributed by atoms with Crippen LogP contribution >= 0.6 is 0 Å². The molecule has 0 radical (unpaired) electrons. The lowest BCUT2D eigenvalue weighted by Crippen LogP contribution is -2.22. The van der Waals surface area contributed by atoms with E-state index in [4.69, 9.17) is 25.0 Å². The van der Waals surface area contributed by atoms with Crippen LogP contribution in [0.15, 0.2) is 30.6 Å². The molecule has 4 aromatic heterocycles. The molecule has 0 unspecified atom stereocenters. The molecule has 1 saturated heterocycles. The van der Waals surface area contributed by atoms with E-state index in [1.807, 2.05) is 11.6 Å². The average Bonchev–Trinajstić information content (AvgIpc) is 3.54. The van der Waals surface area contributed by atoms with Gasteiger partial charge in [-0.1, -0.05) is 20.8 Å². The first kappa shape index (κ1) is 22.9. The number of hydrogen-bond acceptors (Lipinski definition) is 9. The Morgan fingerprint density at radius 1 is 1.23 bits per heavy atom. The van der Waals surface area contributed by atoms with Crippen LogP contribution in [0.2, 0.25) is 0 Å². The molecule has 3 N–H and O–H groups in total. The van der Waals surface area contributed by atoms with Crippen molar-refractivity contribution in [3.8, 4) is 17.2 Å². The third-order valence-corrected chi connectivity index (χ3v) is 6.00. The van der Waals surface area contributed by atoms with Crippen molar-refractivity contribution in [3.63, 3.8) is 0 Å². The summed E-state index contributed by atoms with van der Waals surface area (Å²) < 4.78 is 21.3. The number of rotatable bonds is 6. The molecule has 0 aliphatic carbocycles. The van der Waals surface area contributed by atoms with Gasteiger partial charge in [-0.05, 0) is 12.5 Å². The van der Waals surface area contributed by atoms with Gasteiger partial charge in [-0.3, -0.25) is 4.68 Å². The predicted molar refractivity (Wildman–Crippen MR) is 132 cm³/mol. The monoisotopic (exact) mass is 478 g/mol. The van der Waals surface area contributed by atoms with E-state index in [-0.39, 0.29) is 11.5 Å². The van der Waals surface area contributed by atoms with Crippen LogP contribution in [-0.2, 0) is 17.2 Å². The van der Waals surface area contributed by atoms with Crippen molar-refractivity contribution in [1.82, 2.24) is 29.3 Å². The lowest BCUT2D eigenvalue weighted by atomic mass is 9.91. The second kappa shape index (κ2) is 8.73. The maximum Gasteiger partial charge on any atom is 0.211 e. The quantitative estimate of drug-likeness (QED) is 0.423. The number of aryl methyl sites for hydroxylation is 1. The van der Waals surface area contributed by atoms with Crippen molar-refractivity contribution in [3.05, 3.63) is 36.3 Å². The number of ether oxygens (including phenoxy) is 3. The highest BCUT2D eigenvalue weighted by Crippen LogP contribution is 2.38. The van der Waals surface area contributed by atoms with Gasteiger partial charge in [0.15, 0.2) is 23.0 Å². The normalized spacial score (nSPS) is 16.1. The molecule has 0 saturated carbocycles. The minimum Gasteiger partial charge on any atom is -0.491 e. The maximum atomic E-state index is 5.99. The number of nitrogen functional groups attached to an aromatic ring is 1. The topological polar surface area (TPSA) is 127 Å². The fourth-order valence-electron chi connectivity index (χ4n) is 4.25. The Labute approximate surface area is 203 Å². The summed E-state index contributed by atoms with van der Waals surface area (Å²) in [5.41, 5.74) is 8.05. The van der Waals surface area contributed by atoms with Crippen LogP contribution in [0.25, 0.3) is 11.2 Å². The average molecular weight is 479 g/mol. The smallest absolute Gasteiger partial charge is 0.211 e. The summed E-state index contributed by atoms with van der Waals surface area (Å²) in [6.45, 7) is 7.97. The molecular formula is C24H30N8O3. The molecule has 5 rings (SSSR count). The van der Waals surface area contributed by atoms with Crippen LogP contribution in [0.1, 0.15) is 38.9 Å². The Bertz CT molecular complexity index is 1370. The third kappa shape index (κ3) is 4.34. The largest absolute Gasteiger partial charge is 0.491 e. The number of hydrogen-bond donors (Lipinski definition) is 2. The fourth-order valence-corrected chi connectivity index (χ4v) is 4.25. The van der Waals surface area contributed by atoms with Gasteiger partial charge in [0, 0.05) is 43.1 Å². The highest BCUT2D eigenvalue weighted by atomic mass is 16.5. The van der Waals surface area contributed by atoms with Crippen molar-refractivity contribution in [2.24, 2.45) is 7.05 Å². The highest BCUT2D eigenvalue weighted by molar-refractivity contribution is 5.84. The minimum absolute atomic E-state index is 0.0742. The zero-order valence-corrected chi connectivity index (χ0v) is 20.6. The Morgan fingerprint density at radius 2 is 2.06 bits per heavy atom. The van der Waals surface area contributed by atoms with Crippen molar-refractivity contribution in [2.45, 2.75) is 38.6 Å². The van der Waals surface area contributed by atoms with E-state index in [2.05, 4.69) is 51.8 Å². The van der Waals surface area contributed by atoms with Gasteiger partial charge in [0.1, 0.15) is 17.1 Å². The first-order valence-corrected chi connectivity index (χ1v) is 11.5. The molecule has 0 amide bonds. The molecule has 4 aromatic rings. The number of methoxy groups -OCH3 is 1. The molecule has 11 nitrogen and oxygen atoms in total. The summed E-state index contributed by atoms with van der Waals surface area (Å²) >= 11 is 0. The van der Waals surface area contributed by atoms with E-state index in [0.29, 0.717) is 52.6 Å². The van der Waals surface area contributed by atoms with E-state index in [0.717, 1.165) is 18.7 Å². The second-order valence-corrected chi connectivity index (χ2v) is 9.59. The summed E-state index contributed by atoms with van der Waals surface area (Å²) in [7, 11) is 3.48. The summed E-state index contributed by atoms with van der Waals surface area (Å²) in [6, 6.07) is 5.65. The van der Waals surface area contributed by atoms with Crippen molar-refractivity contribution < 1.29 is 14.2 Å². The van der Waals surface area contributed by atoms with Crippen molar-refractivity contribution in [1.29, 1.82) is 0 Å². The molecule has 1 aliphatic rings. The lowest BCUT2D eigenvalue weighted by molar-refractivity contribution is 0.183. The van der Waals surface area contributed by atoms with Gasteiger partial charge in [-0.15, -0.1) is 0 Å². The number of nitrogens with one attached hydrogen (secondary N) is 1. The number of imidazole rings is 1. The SMILES string of the molecule is COc1c(Oc2ccnc(N)c2)cnc2nc(Nc3cc(C(C)(C)C)n([C@H]4CCOC4)n3)n(C)c12. The van der Waals surface area contributed by atoms with E-state index in [9.17, 15) is 0 Å². The molecule has 184 valence electrons. The van der Waals surface area contributed by atoms with Gasteiger partial charge >= 0.3 is 0 Å².